The summed E-state index contributed by atoms with van der Waals surface area (Å²) in [6.07, 6.45) is 5.52. The van der Waals surface area contributed by atoms with Gasteiger partial charge in [-0.3, -0.25) is 4.79 Å². The third-order valence-electron chi connectivity index (χ3n) is 4.21. The van der Waals surface area contributed by atoms with Crippen LogP contribution in [0.4, 0.5) is 0 Å². The number of likely N-dealkylation sites (N-methyl/N-ethyl adjacent to an activating group) is 1. The first-order valence-electron chi connectivity index (χ1n) is 8.14. The number of hydrogen-bond donors (Lipinski definition) is 0. The number of esters is 1. The molecule has 0 saturated heterocycles. The van der Waals surface area contributed by atoms with Crippen LogP contribution in [0.25, 0.3) is 0 Å². The maximum atomic E-state index is 12.1. The van der Waals surface area contributed by atoms with Crippen molar-refractivity contribution in [1.82, 2.24) is 4.90 Å². The van der Waals surface area contributed by atoms with Gasteiger partial charge in [-0.1, -0.05) is 19.3 Å². The second-order valence-electron chi connectivity index (χ2n) is 5.88. The molecule has 0 aliphatic heterocycles. The van der Waals surface area contributed by atoms with Crippen molar-refractivity contribution in [2.45, 2.75) is 38.1 Å². The van der Waals surface area contributed by atoms with Gasteiger partial charge in [-0.15, -0.1) is 0 Å². The number of carbonyl (C=O) groups excluding carboxylic acids is 2. The number of ether oxygens (including phenoxy) is 2. The van der Waals surface area contributed by atoms with Gasteiger partial charge in [0, 0.05) is 13.1 Å². The molecule has 1 amide bonds. The molecule has 1 fully saturated rings. The molecule has 1 aliphatic rings. The first-order chi connectivity index (χ1) is 11.6. The molecule has 0 radical (unpaired) electrons. The molecule has 0 bridgehead atoms. The van der Waals surface area contributed by atoms with Gasteiger partial charge in [0.25, 0.3) is 5.91 Å². The van der Waals surface area contributed by atoms with Gasteiger partial charge in [-0.25, -0.2) is 4.79 Å². The molecule has 0 spiro atoms. The SMILES string of the molecule is CN(C(=O)COC(=O)COc1ccc(C#N)cc1)C1CCCCC1. The quantitative estimate of drug-likeness (QED) is 0.748. The molecular formula is C18H22N2O4. The number of rotatable bonds is 6. The highest BCUT2D eigenvalue weighted by Crippen LogP contribution is 2.21. The Morgan fingerprint density at radius 3 is 2.46 bits per heavy atom. The Morgan fingerprint density at radius 2 is 1.83 bits per heavy atom. The summed E-state index contributed by atoms with van der Waals surface area (Å²) in [4.78, 5) is 25.4. The van der Waals surface area contributed by atoms with Crippen molar-refractivity contribution in [2.24, 2.45) is 0 Å². The van der Waals surface area contributed by atoms with Crippen LogP contribution in [-0.2, 0) is 14.3 Å². The number of carbonyl (C=O) groups is 2. The van der Waals surface area contributed by atoms with E-state index in [-0.39, 0.29) is 25.2 Å². The maximum Gasteiger partial charge on any atom is 0.344 e. The smallest absolute Gasteiger partial charge is 0.344 e. The molecule has 2 rings (SSSR count). The molecule has 6 nitrogen and oxygen atoms in total. The van der Waals surface area contributed by atoms with Gasteiger partial charge in [0.15, 0.2) is 13.2 Å². The van der Waals surface area contributed by atoms with Crippen molar-refractivity contribution < 1.29 is 19.1 Å². The Kier molecular flexibility index (Phi) is 6.62. The van der Waals surface area contributed by atoms with Gasteiger partial charge < -0.3 is 14.4 Å². The van der Waals surface area contributed by atoms with E-state index in [4.69, 9.17) is 14.7 Å². The third-order valence-corrected chi connectivity index (χ3v) is 4.21. The molecule has 0 atom stereocenters. The number of benzene rings is 1. The Bertz CT molecular complexity index is 600. The molecule has 128 valence electrons. The van der Waals surface area contributed by atoms with E-state index in [0.29, 0.717) is 11.3 Å². The van der Waals surface area contributed by atoms with E-state index >= 15 is 0 Å². The van der Waals surface area contributed by atoms with E-state index in [9.17, 15) is 9.59 Å². The summed E-state index contributed by atoms with van der Waals surface area (Å²) in [6, 6.07) is 8.66. The van der Waals surface area contributed by atoms with Crippen molar-refractivity contribution >= 4 is 11.9 Å². The Morgan fingerprint density at radius 1 is 1.17 bits per heavy atom. The summed E-state index contributed by atoms with van der Waals surface area (Å²) in [5.74, 6) is -0.310. The molecular weight excluding hydrogens is 308 g/mol. The Balaban J connectivity index is 1.70. The van der Waals surface area contributed by atoms with Crippen LogP contribution in [0.1, 0.15) is 37.7 Å². The first-order valence-corrected chi connectivity index (χ1v) is 8.14. The van der Waals surface area contributed by atoms with Gasteiger partial charge >= 0.3 is 5.97 Å². The number of nitriles is 1. The summed E-state index contributed by atoms with van der Waals surface area (Å²) in [5, 5.41) is 8.71. The molecule has 1 aromatic rings. The van der Waals surface area contributed by atoms with Gasteiger partial charge in [-0.2, -0.15) is 5.26 Å². The van der Waals surface area contributed by atoms with Crippen LogP contribution in [0.15, 0.2) is 24.3 Å². The lowest BCUT2D eigenvalue weighted by molar-refractivity contribution is -0.154. The van der Waals surface area contributed by atoms with Crippen LogP contribution in [0, 0.1) is 11.3 Å². The zero-order valence-electron chi connectivity index (χ0n) is 13.9. The largest absolute Gasteiger partial charge is 0.482 e. The molecule has 0 aromatic heterocycles. The summed E-state index contributed by atoms with van der Waals surface area (Å²) in [7, 11) is 1.76. The van der Waals surface area contributed by atoms with Gasteiger partial charge in [0.2, 0.25) is 0 Å². The number of hydrogen-bond acceptors (Lipinski definition) is 5. The standard InChI is InChI=1S/C18H22N2O4/c1-20(15-5-3-2-4-6-15)17(21)12-24-18(22)13-23-16-9-7-14(11-19)8-10-16/h7-10,15H,2-6,12-13H2,1H3. The number of nitrogens with zero attached hydrogens (tertiary/aromatic N) is 2. The highest BCUT2D eigenvalue weighted by Gasteiger charge is 2.22. The first kappa shape index (κ1) is 17.8. The monoisotopic (exact) mass is 330 g/mol. The topological polar surface area (TPSA) is 79.6 Å². The minimum absolute atomic E-state index is 0.186. The molecule has 0 unspecified atom stereocenters. The van der Waals surface area contributed by atoms with E-state index in [1.807, 2.05) is 6.07 Å². The van der Waals surface area contributed by atoms with Crippen LogP contribution < -0.4 is 4.74 Å². The normalized spacial score (nSPS) is 14.5. The predicted molar refractivity (Wildman–Crippen MR) is 87.3 cm³/mol. The zero-order valence-corrected chi connectivity index (χ0v) is 13.9. The van der Waals surface area contributed by atoms with E-state index < -0.39 is 5.97 Å². The van der Waals surface area contributed by atoms with Crippen molar-refractivity contribution in [1.29, 1.82) is 5.26 Å². The lowest BCUT2D eigenvalue weighted by Crippen LogP contribution is -2.40. The molecule has 6 heteroatoms. The Labute approximate surface area is 142 Å². The summed E-state index contributed by atoms with van der Waals surface area (Å²) in [6.45, 7) is -0.533. The van der Waals surface area contributed by atoms with Crippen LogP contribution in [-0.4, -0.2) is 43.1 Å². The molecule has 1 saturated carbocycles. The number of amides is 1. The average molecular weight is 330 g/mol. The molecule has 24 heavy (non-hydrogen) atoms. The van der Waals surface area contributed by atoms with Crippen LogP contribution in [0.3, 0.4) is 0 Å². The molecule has 1 aliphatic carbocycles. The van der Waals surface area contributed by atoms with Crippen LogP contribution in [0.2, 0.25) is 0 Å². The second-order valence-corrected chi connectivity index (χ2v) is 5.88. The summed E-state index contributed by atoms with van der Waals surface area (Å²) >= 11 is 0. The molecule has 1 aromatic carbocycles. The molecule has 0 N–H and O–H groups in total. The lowest BCUT2D eigenvalue weighted by Gasteiger charge is -2.31. The summed E-state index contributed by atoms with van der Waals surface area (Å²) in [5.41, 5.74) is 0.515. The van der Waals surface area contributed by atoms with E-state index in [1.54, 1.807) is 36.2 Å². The van der Waals surface area contributed by atoms with Crippen LogP contribution in [0.5, 0.6) is 5.75 Å². The third kappa shape index (κ3) is 5.27. The zero-order chi connectivity index (χ0) is 17.4. The fourth-order valence-electron chi connectivity index (χ4n) is 2.73. The highest BCUT2D eigenvalue weighted by atomic mass is 16.6. The maximum absolute atomic E-state index is 12.1. The van der Waals surface area contributed by atoms with Crippen molar-refractivity contribution in [3.05, 3.63) is 29.8 Å². The van der Waals surface area contributed by atoms with E-state index in [2.05, 4.69) is 0 Å². The fourth-order valence-corrected chi connectivity index (χ4v) is 2.73. The van der Waals surface area contributed by atoms with Crippen molar-refractivity contribution in [2.75, 3.05) is 20.3 Å². The predicted octanol–water partition coefficient (Wildman–Crippen LogP) is 2.27. The molecule has 0 heterocycles. The van der Waals surface area contributed by atoms with Gasteiger partial charge in [0.1, 0.15) is 5.75 Å². The minimum atomic E-state index is -0.593. The average Bonchev–Trinajstić information content (AvgIpc) is 2.64. The van der Waals surface area contributed by atoms with Crippen molar-refractivity contribution in [3.63, 3.8) is 0 Å². The van der Waals surface area contributed by atoms with Crippen molar-refractivity contribution in [3.8, 4) is 11.8 Å². The highest BCUT2D eigenvalue weighted by molar-refractivity contribution is 5.81. The second kappa shape index (κ2) is 8.92. The Hall–Kier alpha value is -2.55. The minimum Gasteiger partial charge on any atom is -0.482 e. The van der Waals surface area contributed by atoms with E-state index in [1.165, 1.54) is 6.42 Å². The summed E-state index contributed by atoms with van der Waals surface area (Å²) < 4.78 is 10.2. The lowest BCUT2D eigenvalue weighted by atomic mass is 9.94. The van der Waals surface area contributed by atoms with Gasteiger partial charge in [-0.05, 0) is 37.1 Å². The van der Waals surface area contributed by atoms with E-state index in [0.717, 1.165) is 25.7 Å². The van der Waals surface area contributed by atoms with Crippen LogP contribution >= 0.6 is 0 Å². The van der Waals surface area contributed by atoms with Gasteiger partial charge in [0.05, 0.1) is 11.6 Å². The fraction of sp³-hybridized carbons (Fsp3) is 0.500.